The summed E-state index contributed by atoms with van der Waals surface area (Å²) in [5, 5.41) is 0. The molecule has 0 saturated carbocycles. The van der Waals surface area contributed by atoms with Crippen LogP contribution >= 0.6 is 12.6 Å². The third-order valence-electron chi connectivity index (χ3n) is 1.84. The van der Waals surface area contributed by atoms with Crippen LogP contribution in [-0.2, 0) is 4.74 Å². The minimum atomic E-state index is 0.824. The Balaban J connectivity index is 3.26. The first-order valence-electron chi connectivity index (χ1n) is 4.76. The molecule has 0 spiro atoms. The molecular formula is C9H21NOS. The van der Waals surface area contributed by atoms with Gasteiger partial charge in [0.05, 0.1) is 6.61 Å². The van der Waals surface area contributed by atoms with Gasteiger partial charge in [0.2, 0.25) is 0 Å². The second-order valence-electron chi connectivity index (χ2n) is 2.71. The smallest absolute Gasteiger partial charge is 0.0593 e. The van der Waals surface area contributed by atoms with Crippen molar-refractivity contribution in [2.24, 2.45) is 0 Å². The van der Waals surface area contributed by atoms with E-state index in [9.17, 15) is 0 Å². The highest BCUT2D eigenvalue weighted by Gasteiger charge is 1.99. The van der Waals surface area contributed by atoms with E-state index in [1.165, 1.54) is 6.42 Å². The zero-order valence-electron chi connectivity index (χ0n) is 8.25. The van der Waals surface area contributed by atoms with Crippen LogP contribution in [0, 0.1) is 0 Å². The van der Waals surface area contributed by atoms with Crippen LogP contribution < -0.4 is 0 Å². The standard InChI is InChI=1S/C9H21NOS/c1-3-10(6-5-9-12)7-8-11-4-2/h12H,3-9H2,1-2H3. The van der Waals surface area contributed by atoms with Crippen molar-refractivity contribution in [1.82, 2.24) is 4.90 Å². The number of ether oxygens (including phenoxy) is 1. The molecule has 2 nitrogen and oxygen atoms in total. The lowest BCUT2D eigenvalue weighted by Crippen LogP contribution is -2.28. The van der Waals surface area contributed by atoms with E-state index >= 15 is 0 Å². The number of likely N-dealkylation sites (N-methyl/N-ethyl adjacent to an activating group) is 1. The predicted octanol–water partition coefficient (Wildman–Crippen LogP) is 1.66. The van der Waals surface area contributed by atoms with Crippen LogP contribution in [0.3, 0.4) is 0 Å². The number of hydrogen-bond acceptors (Lipinski definition) is 3. The molecule has 0 aliphatic carbocycles. The van der Waals surface area contributed by atoms with Gasteiger partial charge < -0.3 is 9.64 Å². The molecule has 12 heavy (non-hydrogen) atoms. The van der Waals surface area contributed by atoms with E-state index in [0.29, 0.717) is 0 Å². The molecule has 0 N–H and O–H groups in total. The van der Waals surface area contributed by atoms with E-state index in [1.807, 2.05) is 6.92 Å². The third kappa shape index (κ3) is 6.95. The lowest BCUT2D eigenvalue weighted by molar-refractivity contribution is 0.115. The number of thiol groups is 1. The van der Waals surface area contributed by atoms with Crippen molar-refractivity contribution in [3.8, 4) is 0 Å². The quantitative estimate of drug-likeness (QED) is 0.463. The van der Waals surface area contributed by atoms with Crippen LogP contribution in [0.5, 0.6) is 0 Å². The summed E-state index contributed by atoms with van der Waals surface area (Å²) in [7, 11) is 0. The van der Waals surface area contributed by atoms with Crippen molar-refractivity contribution in [3.05, 3.63) is 0 Å². The highest BCUT2D eigenvalue weighted by molar-refractivity contribution is 7.80. The van der Waals surface area contributed by atoms with Gasteiger partial charge >= 0.3 is 0 Å². The lowest BCUT2D eigenvalue weighted by Gasteiger charge is -2.19. The number of rotatable bonds is 8. The SMILES string of the molecule is CCOCCN(CC)CCCS. The molecule has 3 heteroatoms. The van der Waals surface area contributed by atoms with Crippen LogP contribution in [0.2, 0.25) is 0 Å². The topological polar surface area (TPSA) is 12.5 Å². The minimum Gasteiger partial charge on any atom is -0.380 e. The van der Waals surface area contributed by atoms with Crippen molar-refractivity contribution in [3.63, 3.8) is 0 Å². The van der Waals surface area contributed by atoms with Gasteiger partial charge in [-0.05, 0) is 32.2 Å². The molecule has 0 rings (SSSR count). The van der Waals surface area contributed by atoms with Crippen LogP contribution in [-0.4, -0.2) is 43.5 Å². The minimum absolute atomic E-state index is 0.824. The van der Waals surface area contributed by atoms with E-state index in [4.69, 9.17) is 4.74 Å². The van der Waals surface area contributed by atoms with Gasteiger partial charge in [-0.15, -0.1) is 0 Å². The Hall–Kier alpha value is 0.270. The Morgan fingerprint density at radius 3 is 2.50 bits per heavy atom. The maximum Gasteiger partial charge on any atom is 0.0593 e. The van der Waals surface area contributed by atoms with Gasteiger partial charge in [0.15, 0.2) is 0 Å². The molecule has 0 aliphatic heterocycles. The molecule has 0 atom stereocenters. The summed E-state index contributed by atoms with van der Waals surface area (Å²) < 4.78 is 5.29. The van der Waals surface area contributed by atoms with Crippen molar-refractivity contribution < 1.29 is 4.74 Å². The second kappa shape index (κ2) is 9.36. The summed E-state index contributed by atoms with van der Waals surface area (Å²) in [5.74, 6) is 0.977. The lowest BCUT2D eigenvalue weighted by atomic mass is 10.4. The first kappa shape index (κ1) is 12.3. The van der Waals surface area contributed by atoms with Gasteiger partial charge in [-0.1, -0.05) is 6.92 Å². The van der Waals surface area contributed by atoms with Crippen LogP contribution in [0.25, 0.3) is 0 Å². The van der Waals surface area contributed by atoms with E-state index in [0.717, 1.165) is 38.6 Å². The van der Waals surface area contributed by atoms with E-state index in [-0.39, 0.29) is 0 Å². The Labute approximate surface area is 81.7 Å². The van der Waals surface area contributed by atoms with Crippen LogP contribution in [0.15, 0.2) is 0 Å². The molecule has 0 unspecified atom stereocenters. The van der Waals surface area contributed by atoms with Gasteiger partial charge in [0.25, 0.3) is 0 Å². The third-order valence-corrected chi connectivity index (χ3v) is 2.15. The summed E-state index contributed by atoms with van der Waals surface area (Å²) in [6, 6.07) is 0. The zero-order valence-corrected chi connectivity index (χ0v) is 9.15. The molecule has 0 amide bonds. The summed E-state index contributed by atoms with van der Waals surface area (Å²) in [5.41, 5.74) is 0. The van der Waals surface area contributed by atoms with Gasteiger partial charge in [-0.25, -0.2) is 0 Å². The Kier molecular flexibility index (Phi) is 9.57. The molecule has 0 aromatic rings. The molecular weight excluding hydrogens is 170 g/mol. The van der Waals surface area contributed by atoms with Gasteiger partial charge in [-0.2, -0.15) is 12.6 Å². The fourth-order valence-electron chi connectivity index (χ4n) is 1.06. The summed E-state index contributed by atoms with van der Waals surface area (Å²) >= 11 is 4.19. The highest BCUT2D eigenvalue weighted by Crippen LogP contribution is 1.92. The van der Waals surface area contributed by atoms with Gasteiger partial charge in [-0.3, -0.25) is 0 Å². The van der Waals surface area contributed by atoms with E-state index in [1.54, 1.807) is 0 Å². The van der Waals surface area contributed by atoms with E-state index in [2.05, 4.69) is 24.5 Å². The molecule has 0 aromatic heterocycles. The summed E-state index contributed by atoms with van der Waals surface area (Å²) in [4.78, 5) is 2.39. The molecule has 0 aliphatic rings. The zero-order chi connectivity index (χ0) is 9.23. The number of nitrogens with zero attached hydrogens (tertiary/aromatic N) is 1. The molecule has 0 fully saturated rings. The monoisotopic (exact) mass is 191 g/mol. The van der Waals surface area contributed by atoms with Crippen LogP contribution in [0.4, 0.5) is 0 Å². The normalized spacial score (nSPS) is 11.0. The van der Waals surface area contributed by atoms with Gasteiger partial charge in [0.1, 0.15) is 0 Å². The van der Waals surface area contributed by atoms with Crippen molar-refractivity contribution in [2.75, 3.05) is 38.6 Å². The van der Waals surface area contributed by atoms with E-state index < -0.39 is 0 Å². The molecule has 0 radical (unpaired) electrons. The average Bonchev–Trinajstić information content (AvgIpc) is 2.11. The molecule has 74 valence electrons. The Morgan fingerprint density at radius 2 is 2.00 bits per heavy atom. The van der Waals surface area contributed by atoms with Crippen molar-refractivity contribution in [2.45, 2.75) is 20.3 Å². The first-order valence-corrected chi connectivity index (χ1v) is 5.39. The largest absolute Gasteiger partial charge is 0.380 e. The number of hydrogen-bond donors (Lipinski definition) is 1. The predicted molar refractivity (Wildman–Crippen MR) is 57.1 cm³/mol. The average molecular weight is 191 g/mol. The fraction of sp³-hybridized carbons (Fsp3) is 1.00. The second-order valence-corrected chi connectivity index (χ2v) is 3.16. The van der Waals surface area contributed by atoms with Crippen molar-refractivity contribution >= 4 is 12.6 Å². The molecule has 0 bridgehead atoms. The molecule has 0 saturated heterocycles. The summed E-state index contributed by atoms with van der Waals surface area (Å²) in [6.45, 7) is 9.21. The van der Waals surface area contributed by atoms with Crippen molar-refractivity contribution in [1.29, 1.82) is 0 Å². The molecule has 0 aromatic carbocycles. The Morgan fingerprint density at radius 1 is 1.25 bits per heavy atom. The fourth-order valence-corrected chi connectivity index (χ4v) is 1.20. The first-order chi connectivity index (χ1) is 5.85. The maximum atomic E-state index is 5.29. The highest BCUT2D eigenvalue weighted by atomic mass is 32.1. The van der Waals surface area contributed by atoms with Crippen LogP contribution in [0.1, 0.15) is 20.3 Å². The Bertz CT molecular complexity index is 90.6. The van der Waals surface area contributed by atoms with Gasteiger partial charge in [0, 0.05) is 13.2 Å². The molecule has 0 heterocycles. The maximum absolute atomic E-state index is 5.29. The summed E-state index contributed by atoms with van der Waals surface area (Å²) in [6.07, 6.45) is 1.17.